The number of halogens is 3. The monoisotopic (exact) mass is 447 g/mol. The first-order valence-corrected chi connectivity index (χ1v) is 10.1. The summed E-state index contributed by atoms with van der Waals surface area (Å²) in [6.45, 7) is -1.15. The van der Waals surface area contributed by atoms with Crippen LogP contribution in [0.4, 0.5) is 13.2 Å². The second-order valence-electron chi connectivity index (χ2n) is 6.24. The molecule has 2 rings (SSSR count). The molecule has 2 aromatic rings. The number of hydrogen-bond donors (Lipinski definition) is 2. The molecule has 0 spiro atoms. The van der Waals surface area contributed by atoms with Crippen LogP contribution in [-0.2, 0) is 21.0 Å². The molecule has 1 amide bonds. The van der Waals surface area contributed by atoms with E-state index < -0.39 is 40.3 Å². The lowest BCUT2D eigenvalue weighted by atomic mass is 10.2. The van der Waals surface area contributed by atoms with Gasteiger partial charge < -0.3 is 15.2 Å². The topological polar surface area (TPSA) is 109 Å². The van der Waals surface area contributed by atoms with E-state index in [1.54, 1.807) is 0 Å². The molecular weight excluding hydrogens is 427 g/mol. The lowest BCUT2D eigenvalue weighted by Crippen LogP contribution is -2.42. The number of aromatic nitrogens is 1. The molecule has 1 heterocycles. The number of alkyl halides is 3. The fourth-order valence-electron chi connectivity index (χ4n) is 2.27. The Kier molecular flexibility index (Phi) is 7.76. The van der Waals surface area contributed by atoms with Gasteiger partial charge in [0.05, 0.1) is 12.1 Å². The lowest BCUT2D eigenvalue weighted by molar-refractivity contribution is -0.137. The molecule has 2 N–H and O–H groups in total. The van der Waals surface area contributed by atoms with Crippen molar-refractivity contribution < 1.29 is 36.2 Å². The number of nitrogens with zero attached hydrogens (tertiary/aromatic N) is 2. The van der Waals surface area contributed by atoms with Gasteiger partial charge in [-0.15, -0.1) is 0 Å². The molecular formula is C18H20F3N3O5S. The number of ether oxygens (including phenoxy) is 1. The van der Waals surface area contributed by atoms with Crippen LogP contribution in [-0.4, -0.2) is 61.6 Å². The molecule has 0 radical (unpaired) electrons. The lowest BCUT2D eigenvalue weighted by Gasteiger charge is -2.18. The van der Waals surface area contributed by atoms with Gasteiger partial charge in [0.15, 0.2) is 0 Å². The average molecular weight is 447 g/mol. The van der Waals surface area contributed by atoms with E-state index >= 15 is 0 Å². The molecule has 1 atom stereocenters. The number of hydrogen-bond acceptors (Lipinski definition) is 6. The van der Waals surface area contributed by atoms with E-state index in [-0.39, 0.29) is 23.8 Å². The molecule has 0 aliphatic rings. The summed E-state index contributed by atoms with van der Waals surface area (Å²) in [6, 6.07) is 6.94. The summed E-state index contributed by atoms with van der Waals surface area (Å²) in [6.07, 6.45) is -3.18. The van der Waals surface area contributed by atoms with Gasteiger partial charge in [0.1, 0.15) is 23.4 Å². The second kappa shape index (κ2) is 9.87. The van der Waals surface area contributed by atoms with E-state index in [2.05, 4.69) is 10.3 Å². The van der Waals surface area contributed by atoms with Crippen molar-refractivity contribution in [3.63, 3.8) is 0 Å². The fourth-order valence-corrected chi connectivity index (χ4v) is 3.36. The highest BCUT2D eigenvalue weighted by atomic mass is 32.2. The van der Waals surface area contributed by atoms with Gasteiger partial charge in [-0.1, -0.05) is 6.07 Å². The van der Waals surface area contributed by atoms with Crippen LogP contribution in [0.5, 0.6) is 5.75 Å². The standard InChI is InChI=1S/C18H20F3N3O5S/c1-24(30(27,28)16-6-3-7-22-10-16)11-17(26)23-9-14(25)12-29-15-5-2-4-13(8-15)18(19,20)21/h2-8,10,14,25H,9,11-12H2,1H3,(H,23,26). The molecule has 1 aromatic heterocycles. The van der Waals surface area contributed by atoms with Gasteiger partial charge >= 0.3 is 6.18 Å². The van der Waals surface area contributed by atoms with E-state index in [1.165, 1.54) is 37.5 Å². The van der Waals surface area contributed by atoms with E-state index in [0.29, 0.717) is 0 Å². The van der Waals surface area contributed by atoms with Crippen LogP contribution in [0.3, 0.4) is 0 Å². The van der Waals surface area contributed by atoms with Gasteiger partial charge in [-0.2, -0.15) is 17.5 Å². The molecule has 0 aliphatic carbocycles. The predicted molar refractivity (Wildman–Crippen MR) is 100 cm³/mol. The van der Waals surface area contributed by atoms with Crippen molar-refractivity contribution in [2.75, 3.05) is 26.7 Å². The summed E-state index contributed by atoms with van der Waals surface area (Å²) in [7, 11) is -2.69. The highest BCUT2D eigenvalue weighted by Crippen LogP contribution is 2.31. The number of aliphatic hydroxyl groups excluding tert-OH is 1. The Balaban J connectivity index is 1.81. The fraction of sp³-hybridized carbons (Fsp3) is 0.333. The zero-order valence-corrected chi connectivity index (χ0v) is 16.7. The first kappa shape index (κ1) is 23.6. The minimum atomic E-state index is -4.52. The number of carbonyl (C=O) groups is 1. The quantitative estimate of drug-likeness (QED) is 0.600. The van der Waals surface area contributed by atoms with Gasteiger partial charge in [-0.25, -0.2) is 8.42 Å². The van der Waals surface area contributed by atoms with Gasteiger partial charge in [-0.05, 0) is 30.3 Å². The van der Waals surface area contributed by atoms with Crippen LogP contribution < -0.4 is 10.1 Å². The highest BCUT2D eigenvalue weighted by Gasteiger charge is 2.30. The maximum atomic E-state index is 12.7. The smallest absolute Gasteiger partial charge is 0.416 e. The maximum Gasteiger partial charge on any atom is 0.416 e. The van der Waals surface area contributed by atoms with Crippen LogP contribution in [0.1, 0.15) is 5.56 Å². The van der Waals surface area contributed by atoms with Crippen LogP contribution in [0.15, 0.2) is 53.7 Å². The third-order valence-electron chi connectivity index (χ3n) is 3.85. The number of benzene rings is 1. The van der Waals surface area contributed by atoms with Crippen LogP contribution >= 0.6 is 0 Å². The van der Waals surface area contributed by atoms with Crippen LogP contribution in [0, 0.1) is 0 Å². The first-order valence-electron chi connectivity index (χ1n) is 8.61. The molecule has 12 heteroatoms. The normalized spacial score (nSPS) is 13.1. The van der Waals surface area contributed by atoms with Crippen LogP contribution in [0.2, 0.25) is 0 Å². The van der Waals surface area contributed by atoms with Crippen molar-refractivity contribution in [2.45, 2.75) is 17.2 Å². The summed E-state index contributed by atoms with van der Waals surface area (Å²) in [5, 5.41) is 12.2. The molecule has 0 fully saturated rings. The molecule has 30 heavy (non-hydrogen) atoms. The molecule has 0 bridgehead atoms. The zero-order chi connectivity index (χ0) is 22.4. The summed E-state index contributed by atoms with van der Waals surface area (Å²) in [5.41, 5.74) is -0.888. The van der Waals surface area contributed by atoms with E-state index in [4.69, 9.17) is 4.74 Å². The minimum absolute atomic E-state index is 0.0742. The molecule has 0 aliphatic heterocycles. The average Bonchev–Trinajstić information content (AvgIpc) is 2.71. The van der Waals surface area contributed by atoms with Crippen molar-refractivity contribution in [3.8, 4) is 5.75 Å². The summed E-state index contributed by atoms with van der Waals surface area (Å²) >= 11 is 0. The minimum Gasteiger partial charge on any atom is -0.491 e. The van der Waals surface area contributed by atoms with Gasteiger partial charge in [0.25, 0.3) is 0 Å². The zero-order valence-electron chi connectivity index (χ0n) is 15.8. The molecule has 0 saturated heterocycles. The number of likely N-dealkylation sites (N-methyl/N-ethyl adjacent to an activating group) is 1. The first-order chi connectivity index (χ1) is 14.0. The van der Waals surface area contributed by atoms with E-state index in [1.807, 2.05) is 0 Å². The molecule has 1 aromatic carbocycles. The second-order valence-corrected chi connectivity index (χ2v) is 8.29. The van der Waals surface area contributed by atoms with E-state index in [0.717, 1.165) is 22.6 Å². The summed E-state index contributed by atoms with van der Waals surface area (Å²) < 4.78 is 68.6. The number of amides is 1. The Morgan fingerprint density at radius 3 is 2.67 bits per heavy atom. The predicted octanol–water partition coefficient (Wildman–Crippen LogP) is 1.28. The number of aliphatic hydroxyl groups is 1. The van der Waals surface area contributed by atoms with Gasteiger partial charge in [-0.3, -0.25) is 9.78 Å². The Hall–Kier alpha value is -2.70. The van der Waals surface area contributed by atoms with Gasteiger partial charge in [0, 0.05) is 26.0 Å². The van der Waals surface area contributed by atoms with Crippen molar-refractivity contribution in [1.82, 2.24) is 14.6 Å². The van der Waals surface area contributed by atoms with Crippen LogP contribution in [0.25, 0.3) is 0 Å². The molecule has 164 valence electrons. The molecule has 8 nitrogen and oxygen atoms in total. The number of sulfonamides is 1. The van der Waals surface area contributed by atoms with Crippen molar-refractivity contribution in [1.29, 1.82) is 0 Å². The molecule has 0 saturated carbocycles. The Morgan fingerprint density at radius 1 is 1.30 bits per heavy atom. The Labute approximate surface area is 171 Å². The summed E-state index contributed by atoms with van der Waals surface area (Å²) in [4.78, 5) is 15.6. The maximum absolute atomic E-state index is 12.7. The Bertz CT molecular complexity index is 955. The molecule has 1 unspecified atom stereocenters. The number of rotatable bonds is 9. The van der Waals surface area contributed by atoms with Crippen molar-refractivity contribution >= 4 is 15.9 Å². The van der Waals surface area contributed by atoms with Gasteiger partial charge in [0.2, 0.25) is 15.9 Å². The third-order valence-corrected chi connectivity index (χ3v) is 5.63. The largest absolute Gasteiger partial charge is 0.491 e. The van der Waals surface area contributed by atoms with Crippen molar-refractivity contribution in [3.05, 3.63) is 54.4 Å². The SMILES string of the molecule is CN(CC(=O)NCC(O)COc1cccc(C(F)(F)F)c1)S(=O)(=O)c1cccnc1. The number of carbonyl (C=O) groups excluding carboxylic acids is 1. The Morgan fingerprint density at radius 2 is 2.03 bits per heavy atom. The third kappa shape index (κ3) is 6.68. The number of nitrogens with one attached hydrogen (secondary N) is 1. The number of pyridine rings is 1. The van der Waals surface area contributed by atoms with E-state index in [9.17, 15) is 31.5 Å². The van der Waals surface area contributed by atoms with Crippen molar-refractivity contribution in [2.24, 2.45) is 0 Å². The summed E-state index contributed by atoms with van der Waals surface area (Å²) in [5.74, 6) is -0.763. The highest BCUT2D eigenvalue weighted by molar-refractivity contribution is 7.89.